The molecular weight excluding hydrogens is 663 g/mol. The number of carbonyl (C=O) groups is 1. The summed E-state index contributed by atoms with van der Waals surface area (Å²) in [5, 5.41) is 13.4. The molecule has 0 unspecified atom stereocenters. The maximum atomic E-state index is 14.5. The van der Waals surface area contributed by atoms with Gasteiger partial charge in [-0.1, -0.05) is 91.0 Å². The lowest BCUT2D eigenvalue weighted by Crippen LogP contribution is -2.44. The summed E-state index contributed by atoms with van der Waals surface area (Å²) in [6, 6.07) is 40.9. The Morgan fingerprint density at radius 2 is 1.40 bits per heavy atom. The highest BCUT2D eigenvalue weighted by molar-refractivity contribution is 6.08. The fraction of sp³-hybridized carbons (Fsp3) is 0.182. The molecule has 0 fully saturated rings. The van der Waals surface area contributed by atoms with Gasteiger partial charge in [-0.15, -0.1) is 0 Å². The molecule has 1 amide bonds. The van der Waals surface area contributed by atoms with Gasteiger partial charge < -0.3 is 14.6 Å². The fourth-order valence-corrected chi connectivity index (χ4v) is 7.94. The lowest BCUT2D eigenvalue weighted by atomic mass is 9.79. The summed E-state index contributed by atoms with van der Waals surface area (Å²) in [5.74, 6) is -0.791. The Hall–Kier alpha value is -6.48. The number of aryl methyl sites for hydroxylation is 1. The second-order valence-electron chi connectivity index (χ2n) is 13.7. The number of nitrogens with zero attached hydrogens (tertiary/aromatic N) is 5. The van der Waals surface area contributed by atoms with Crippen LogP contribution in [0.5, 0.6) is 5.88 Å². The average Bonchev–Trinajstić information content (AvgIpc) is 3.47. The lowest BCUT2D eigenvalue weighted by Gasteiger charge is -2.42. The summed E-state index contributed by atoms with van der Waals surface area (Å²) in [7, 11) is 3.50. The average molecular weight is 702 g/mol. The minimum atomic E-state index is -0.659. The summed E-state index contributed by atoms with van der Waals surface area (Å²) in [4.78, 5) is 48.7. The van der Waals surface area contributed by atoms with Gasteiger partial charge in [-0.3, -0.25) is 19.1 Å². The number of fused-ring (bicyclic) bond motifs is 4. The van der Waals surface area contributed by atoms with Crippen LogP contribution in [0, 0.1) is 0 Å². The zero-order chi connectivity index (χ0) is 36.8. The van der Waals surface area contributed by atoms with Crippen LogP contribution >= 0.6 is 0 Å². The zero-order valence-corrected chi connectivity index (χ0v) is 29.8. The van der Waals surface area contributed by atoms with E-state index >= 15 is 0 Å². The molecule has 1 N–H and O–H groups in total. The molecule has 3 heterocycles. The number of aliphatic imine (C=N–C) groups is 1. The van der Waals surface area contributed by atoms with E-state index in [0.29, 0.717) is 29.9 Å². The minimum Gasteiger partial charge on any atom is -0.494 e. The monoisotopic (exact) mass is 701 g/mol. The highest BCUT2D eigenvalue weighted by Gasteiger charge is 2.40. The lowest BCUT2D eigenvalue weighted by molar-refractivity contribution is 0.0614. The number of rotatable bonds is 8. The first kappa shape index (κ1) is 33.7. The highest BCUT2D eigenvalue weighted by Crippen LogP contribution is 2.44. The molecule has 9 heteroatoms. The zero-order valence-electron chi connectivity index (χ0n) is 29.8. The van der Waals surface area contributed by atoms with Gasteiger partial charge in [0.25, 0.3) is 11.5 Å². The first-order chi connectivity index (χ1) is 25.7. The third-order valence-corrected chi connectivity index (χ3v) is 10.7. The van der Waals surface area contributed by atoms with Crippen molar-refractivity contribution in [3.8, 4) is 11.6 Å². The van der Waals surface area contributed by atoms with Gasteiger partial charge in [-0.05, 0) is 66.4 Å². The van der Waals surface area contributed by atoms with E-state index in [9.17, 15) is 19.5 Å². The van der Waals surface area contributed by atoms with Crippen molar-refractivity contribution in [2.45, 2.75) is 25.3 Å². The van der Waals surface area contributed by atoms with Gasteiger partial charge >= 0.3 is 5.69 Å². The third kappa shape index (κ3) is 5.74. The summed E-state index contributed by atoms with van der Waals surface area (Å²) in [5.41, 5.74) is 5.16. The van der Waals surface area contributed by atoms with Gasteiger partial charge in [0, 0.05) is 66.2 Å². The van der Waals surface area contributed by atoms with E-state index in [-0.39, 0.29) is 23.9 Å². The smallest absolute Gasteiger partial charge is 0.338 e. The topological polar surface area (TPSA) is 102 Å². The third-order valence-electron chi connectivity index (χ3n) is 10.7. The molecule has 264 valence electrons. The van der Waals surface area contributed by atoms with Gasteiger partial charge in [-0.2, -0.15) is 0 Å². The Kier molecular flexibility index (Phi) is 8.62. The molecule has 0 saturated carbocycles. The fourth-order valence-electron chi connectivity index (χ4n) is 7.94. The Morgan fingerprint density at radius 3 is 2.17 bits per heavy atom. The number of hydrogen-bond acceptors (Lipinski definition) is 5. The molecule has 0 bridgehead atoms. The van der Waals surface area contributed by atoms with Crippen LogP contribution in [0.25, 0.3) is 27.5 Å². The number of aromatic hydroxyl groups is 1. The molecule has 2 aromatic heterocycles. The molecule has 1 aliphatic heterocycles. The van der Waals surface area contributed by atoms with Crippen LogP contribution in [0.2, 0.25) is 0 Å². The van der Waals surface area contributed by atoms with Crippen molar-refractivity contribution < 1.29 is 9.90 Å². The molecule has 2 atom stereocenters. The first-order valence-corrected chi connectivity index (χ1v) is 17.8. The van der Waals surface area contributed by atoms with Gasteiger partial charge in [0.2, 0.25) is 5.88 Å². The molecule has 0 radical (unpaired) electrons. The van der Waals surface area contributed by atoms with Crippen LogP contribution in [0.3, 0.4) is 0 Å². The van der Waals surface area contributed by atoms with E-state index in [2.05, 4.69) is 54.1 Å². The van der Waals surface area contributed by atoms with Crippen LogP contribution in [0.15, 0.2) is 142 Å². The maximum Gasteiger partial charge on any atom is 0.338 e. The van der Waals surface area contributed by atoms with Crippen molar-refractivity contribution in [3.63, 3.8) is 0 Å². The Morgan fingerprint density at radius 1 is 0.736 bits per heavy atom. The molecular formula is C44H39N5O4. The number of benzene rings is 5. The molecule has 53 heavy (non-hydrogen) atoms. The first-order valence-electron chi connectivity index (χ1n) is 17.8. The van der Waals surface area contributed by atoms with Gasteiger partial charge in [0.05, 0.1) is 11.7 Å². The molecule has 0 spiro atoms. The second kappa shape index (κ2) is 13.6. The van der Waals surface area contributed by atoms with Crippen LogP contribution in [0.1, 0.15) is 51.5 Å². The van der Waals surface area contributed by atoms with E-state index < -0.39 is 23.2 Å². The molecule has 1 aliphatic rings. The predicted molar refractivity (Wildman–Crippen MR) is 210 cm³/mol. The number of carbonyl (C=O) groups excluding carboxylic acids is 1. The van der Waals surface area contributed by atoms with E-state index in [1.54, 1.807) is 37.3 Å². The van der Waals surface area contributed by atoms with E-state index in [0.717, 1.165) is 47.6 Å². The van der Waals surface area contributed by atoms with Crippen molar-refractivity contribution in [2.75, 3.05) is 13.1 Å². The second-order valence-corrected chi connectivity index (χ2v) is 13.7. The Balaban J connectivity index is 1.28. The molecule has 8 rings (SSSR count). The quantitative estimate of drug-likeness (QED) is 0.174. The van der Waals surface area contributed by atoms with Crippen LogP contribution < -0.4 is 11.2 Å². The molecule has 0 aliphatic carbocycles. The maximum absolute atomic E-state index is 14.5. The van der Waals surface area contributed by atoms with Gasteiger partial charge in [-0.25, -0.2) is 9.36 Å². The molecule has 9 nitrogen and oxygen atoms in total. The van der Waals surface area contributed by atoms with E-state index in [1.807, 2.05) is 59.5 Å². The van der Waals surface area contributed by atoms with E-state index in [1.165, 1.54) is 7.05 Å². The standard InChI is InChI=1S/C44H39N5O4/c1-28(39-42(51)47(3)44(53)49(43(39)52)31-16-8-5-9-17-31)45-27-36-32-18-10-11-20-34(32)41(50)48(25-24-29-14-6-4-7-15-29)40(36)30-22-23-38-35(26-30)33-19-12-13-21-37(33)46(38)2/h4-23,26,36,40,51H,24-25,27H2,1-3H3/t36-,40+/m0/s1. The largest absolute Gasteiger partial charge is 0.494 e. The van der Waals surface area contributed by atoms with Crippen LogP contribution in [-0.2, 0) is 20.5 Å². The Bertz CT molecular complexity index is 2670. The van der Waals surface area contributed by atoms with Crippen molar-refractivity contribution in [2.24, 2.45) is 19.1 Å². The van der Waals surface area contributed by atoms with Crippen molar-refractivity contribution in [1.29, 1.82) is 0 Å². The molecule has 5 aromatic carbocycles. The highest BCUT2D eigenvalue weighted by atomic mass is 16.3. The van der Waals surface area contributed by atoms with E-state index in [4.69, 9.17) is 4.99 Å². The van der Waals surface area contributed by atoms with Crippen molar-refractivity contribution in [1.82, 2.24) is 18.6 Å². The minimum absolute atomic E-state index is 0.0436. The van der Waals surface area contributed by atoms with Gasteiger partial charge in [0.15, 0.2) is 0 Å². The summed E-state index contributed by atoms with van der Waals surface area (Å²) < 4.78 is 4.30. The predicted octanol–water partition coefficient (Wildman–Crippen LogP) is 6.92. The Labute approximate surface area is 306 Å². The SMILES string of the molecule is CC(=NC[C@H]1c2ccccc2C(=O)N(CCc2ccccc2)[C@@H]1c1ccc2c(c1)c1ccccc1n2C)c1c(O)n(C)c(=O)n(-c2ccccc2)c1=O. The molecule has 0 saturated heterocycles. The number of aromatic nitrogens is 3. The van der Waals surface area contributed by atoms with Crippen LogP contribution in [0.4, 0.5) is 0 Å². The van der Waals surface area contributed by atoms with Crippen LogP contribution in [-0.4, -0.2) is 48.4 Å². The summed E-state index contributed by atoms with van der Waals surface area (Å²) in [6.07, 6.45) is 0.668. The summed E-state index contributed by atoms with van der Waals surface area (Å²) in [6.45, 7) is 2.38. The number of hydrogen-bond donors (Lipinski definition) is 1. The normalized spacial score (nSPS) is 16.0. The molecule has 7 aromatic rings. The van der Waals surface area contributed by atoms with Crippen molar-refractivity contribution >= 4 is 33.4 Å². The van der Waals surface area contributed by atoms with Gasteiger partial charge in [0.1, 0.15) is 5.56 Å². The van der Waals surface area contributed by atoms with Crippen molar-refractivity contribution in [3.05, 3.63) is 176 Å². The number of para-hydroxylation sites is 2. The summed E-state index contributed by atoms with van der Waals surface area (Å²) >= 11 is 0. The number of amides is 1.